The molecule has 1 aromatic heterocycles. The van der Waals surface area contributed by atoms with Gasteiger partial charge >= 0.3 is 0 Å². The van der Waals surface area contributed by atoms with Crippen LogP contribution in [0.4, 0.5) is 0 Å². The zero-order valence-corrected chi connectivity index (χ0v) is 17.0. The lowest BCUT2D eigenvalue weighted by atomic mass is 9.85. The van der Waals surface area contributed by atoms with Crippen LogP contribution in [0, 0.1) is 13.8 Å². The van der Waals surface area contributed by atoms with Crippen molar-refractivity contribution in [3.05, 3.63) is 57.5 Å². The van der Waals surface area contributed by atoms with Gasteiger partial charge in [0.1, 0.15) is 5.75 Å². The molecule has 0 radical (unpaired) electrons. The van der Waals surface area contributed by atoms with Crippen molar-refractivity contribution in [1.82, 2.24) is 15.1 Å². The van der Waals surface area contributed by atoms with Crippen molar-refractivity contribution in [2.75, 3.05) is 6.54 Å². The van der Waals surface area contributed by atoms with Gasteiger partial charge in [0.2, 0.25) is 0 Å². The van der Waals surface area contributed by atoms with Crippen molar-refractivity contribution in [1.29, 1.82) is 0 Å². The van der Waals surface area contributed by atoms with E-state index in [0.717, 1.165) is 16.8 Å². The van der Waals surface area contributed by atoms with Gasteiger partial charge in [0.25, 0.3) is 11.5 Å². The molecule has 1 atom stereocenters. The number of hydrogen-bond acceptors (Lipinski definition) is 4. The summed E-state index contributed by atoms with van der Waals surface area (Å²) in [6, 6.07) is 9.12. The van der Waals surface area contributed by atoms with Gasteiger partial charge in [-0.25, -0.2) is 4.68 Å². The first kappa shape index (κ1) is 20.7. The number of aryl methyl sites for hydroxylation is 2. The van der Waals surface area contributed by atoms with E-state index in [1.165, 1.54) is 10.7 Å². The molecule has 0 aliphatic carbocycles. The Labute approximate surface area is 160 Å². The number of amides is 1. The van der Waals surface area contributed by atoms with Gasteiger partial charge < -0.3 is 10.1 Å². The van der Waals surface area contributed by atoms with E-state index >= 15 is 0 Å². The Balaban J connectivity index is 1.98. The highest BCUT2D eigenvalue weighted by Gasteiger charge is 2.22. The molecule has 6 nitrogen and oxygen atoms in total. The fraction of sp³-hybridized carbons (Fsp3) is 0.476. The molecule has 1 amide bonds. The van der Waals surface area contributed by atoms with Crippen molar-refractivity contribution < 1.29 is 9.53 Å². The van der Waals surface area contributed by atoms with Crippen LogP contribution < -0.4 is 15.6 Å². The zero-order chi connectivity index (χ0) is 20.2. The van der Waals surface area contributed by atoms with E-state index in [2.05, 4.69) is 37.3 Å². The van der Waals surface area contributed by atoms with Gasteiger partial charge in [0.15, 0.2) is 6.10 Å². The summed E-state index contributed by atoms with van der Waals surface area (Å²) in [5, 5.41) is 6.95. The monoisotopic (exact) mass is 371 g/mol. The number of nitrogens with one attached hydrogen (secondary N) is 1. The van der Waals surface area contributed by atoms with Crippen LogP contribution in [0.25, 0.3) is 0 Å². The summed E-state index contributed by atoms with van der Waals surface area (Å²) in [6.07, 6.45) is -0.643. The molecule has 1 heterocycles. The van der Waals surface area contributed by atoms with Crippen LogP contribution in [0.2, 0.25) is 0 Å². The van der Waals surface area contributed by atoms with Crippen LogP contribution in [0.1, 0.15) is 44.5 Å². The molecule has 0 bridgehead atoms. The van der Waals surface area contributed by atoms with E-state index in [4.69, 9.17) is 4.74 Å². The molecule has 0 spiro atoms. The summed E-state index contributed by atoms with van der Waals surface area (Å²) >= 11 is 0. The Bertz CT molecular complexity index is 866. The first-order valence-corrected chi connectivity index (χ1v) is 9.18. The maximum atomic E-state index is 12.4. The molecule has 6 heteroatoms. The van der Waals surface area contributed by atoms with Crippen molar-refractivity contribution in [2.45, 2.75) is 59.6 Å². The van der Waals surface area contributed by atoms with E-state index in [-0.39, 0.29) is 16.9 Å². The summed E-state index contributed by atoms with van der Waals surface area (Å²) in [7, 11) is 0. The molecule has 1 aromatic carbocycles. The first-order valence-electron chi connectivity index (χ1n) is 9.18. The standard InChI is InChI=1S/C21H29N3O3/c1-14-7-9-18(17(13-14)21(4,5)6)27-16(3)20(26)22-11-12-24-19(25)10-8-15(2)23-24/h7-10,13,16H,11-12H2,1-6H3,(H,22,26). The molecule has 0 saturated carbocycles. The molecule has 27 heavy (non-hydrogen) atoms. The predicted octanol–water partition coefficient (Wildman–Crippen LogP) is 2.74. The van der Waals surface area contributed by atoms with E-state index in [9.17, 15) is 9.59 Å². The summed E-state index contributed by atoms with van der Waals surface area (Å²) in [6.45, 7) is 12.6. The molecule has 1 unspecified atom stereocenters. The van der Waals surface area contributed by atoms with Crippen molar-refractivity contribution >= 4 is 5.91 Å². The lowest BCUT2D eigenvalue weighted by Crippen LogP contribution is -2.39. The molecule has 0 fully saturated rings. The second-order valence-electron chi connectivity index (χ2n) is 7.84. The minimum Gasteiger partial charge on any atom is -0.481 e. The third-order valence-electron chi connectivity index (χ3n) is 4.24. The number of aromatic nitrogens is 2. The fourth-order valence-corrected chi connectivity index (χ4v) is 2.72. The SMILES string of the molecule is Cc1ccc(OC(C)C(=O)NCCn2nc(C)ccc2=O)c(C(C)(C)C)c1. The van der Waals surface area contributed by atoms with Gasteiger partial charge in [-0.3, -0.25) is 9.59 Å². The molecule has 0 aliphatic heterocycles. The van der Waals surface area contributed by atoms with Gasteiger partial charge in [-0.2, -0.15) is 5.10 Å². The molecular weight excluding hydrogens is 342 g/mol. The van der Waals surface area contributed by atoms with Crippen LogP contribution in [0.5, 0.6) is 5.75 Å². The van der Waals surface area contributed by atoms with Gasteiger partial charge in [0, 0.05) is 12.6 Å². The number of benzene rings is 1. The Morgan fingerprint density at radius 3 is 2.59 bits per heavy atom. The van der Waals surface area contributed by atoms with E-state index in [0.29, 0.717) is 18.8 Å². The molecule has 0 saturated heterocycles. The average Bonchev–Trinajstić information content (AvgIpc) is 2.58. The predicted molar refractivity (Wildman–Crippen MR) is 106 cm³/mol. The second kappa shape index (κ2) is 8.37. The van der Waals surface area contributed by atoms with Crippen molar-refractivity contribution in [2.24, 2.45) is 0 Å². The Hall–Kier alpha value is -2.63. The van der Waals surface area contributed by atoms with Gasteiger partial charge in [-0.15, -0.1) is 0 Å². The summed E-state index contributed by atoms with van der Waals surface area (Å²) in [4.78, 5) is 24.1. The minimum atomic E-state index is -0.643. The van der Waals surface area contributed by atoms with Crippen molar-refractivity contribution in [3.8, 4) is 5.75 Å². The third-order valence-corrected chi connectivity index (χ3v) is 4.24. The Morgan fingerprint density at radius 2 is 1.93 bits per heavy atom. The topological polar surface area (TPSA) is 73.2 Å². The van der Waals surface area contributed by atoms with E-state index < -0.39 is 6.10 Å². The number of ether oxygens (including phenoxy) is 1. The van der Waals surface area contributed by atoms with Gasteiger partial charge in [-0.1, -0.05) is 38.5 Å². The number of carbonyl (C=O) groups excluding carboxylic acids is 1. The largest absolute Gasteiger partial charge is 0.481 e. The molecule has 2 rings (SSSR count). The Kier molecular flexibility index (Phi) is 6.41. The lowest BCUT2D eigenvalue weighted by Gasteiger charge is -2.25. The van der Waals surface area contributed by atoms with E-state index in [1.807, 2.05) is 26.0 Å². The number of hydrogen-bond donors (Lipinski definition) is 1. The van der Waals surface area contributed by atoms with E-state index in [1.54, 1.807) is 13.0 Å². The number of rotatable bonds is 6. The molecule has 1 N–H and O–H groups in total. The number of carbonyl (C=O) groups is 1. The molecular formula is C21H29N3O3. The summed E-state index contributed by atoms with van der Waals surface area (Å²) in [5.41, 5.74) is 2.70. The Morgan fingerprint density at radius 1 is 1.22 bits per heavy atom. The van der Waals surface area contributed by atoms with Crippen LogP contribution in [-0.2, 0) is 16.8 Å². The van der Waals surface area contributed by atoms with Crippen LogP contribution in [-0.4, -0.2) is 28.3 Å². The smallest absolute Gasteiger partial charge is 0.266 e. The zero-order valence-electron chi connectivity index (χ0n) is 17.0. The van der Waals surface area contributed by atoms with Crippen LogP contribution in [0.15, 0.2) is 35.1 Å². The maximum absolute atomic E-state index is 12.4. The normalized spacial score (nSPS) is 12.5. The maximum Gasteiger partial charge on any atom is 0.266 e. The van der Waals surface area contributed by atoms with Crippen molar-refractivity contribution in [3.63, 3.8) is 0 Å². The highest BCUT2D eigenvalue weighted by Crippen LogP contribution is 2.32. The molecule has 146 valence electrons. The van der Waals surface area contributed by atoms with Gasteiger partial charge in [-0.05, 0) is 43.9 Å². The van der Waals surface area contributed by atoms with Crippen LogP contribution >= 0.6 is 0 Å². The third kappa shape index (κ3) is 5.67. The number of nitrogens with zero attached hydrogens (tertiary/aromatic N) is 2. The minimum absolute atomic E-state index is 0.0877. The first-order chi connectivity index (χ1) is 12.6. The quantitative estimate of drug-likeness (QED) is 0.847. The highest BCUT2D eigenvalue weighted by atomic mass is 16.5. The summed E-state index contributed by atoms with van der Waals surface area (Å²) < 4.78 is 7.28. The lowest BCUT2D eigenvalue weighted by molar-refractivity contribution is -0.127. The molecule has 2 aromatic rings. The second-order valence-corrected chi connectivity index (χ2v) is 7.84. The van der Waals surface area contributed by atoms with Gasteiger partial charge in [0.05, 0.1) is 12.2 Å². The highest BCUT2D eigenvalue weighted by molar-refractivity contribution is 5.80. The summed E-state index contributed by atoms with van der Waals surface area (Å²) in [5.74, 6) is 0.489. The van der Waals surface area contributed by atoms with Crippen LogP contribution in [0.3, 0.4) is 0 Å². The molecule has 0 aliphatic rings. The fourth-order valence-electron chi connectivity index (χ4n) is 2.72. The average molecular weight is 371 g/mol.